The topological polar surface area (TPSA) is 47.6 Å². The van der Waals surface area contributed by atoms with Crippen molar-refractivity contribution < 1.29 is 88.9 Å². The first-order valence-corrected chi connectivity index (χ1v) is 9.09. The number of carbonyl (C=O) groups excluding carboxylic acids is 1. The Balaban J connectivity index is 3.52. The minimum Gasteiger partial charge on any atom is -0.348 e. The Hall–Kier alpha value is -1.80. The van der Waals surface area contributed by atoms with Crippen molar-refractivity contribution in [2.75, 3.05) is 0 Å². The number of alkyl halides is 17. The van der Waals surface area contributed by atoms with Gasteiger partial charge in [0.25, 0.3) is 5.91 Å². The van der Waals surface area contributed by atoms with Crippen molar-refractivity contribution in [2.24, 2.45) is 0 Å². The molecule has 2 atom stereocenters. The third-order valence-corrected chi connectivity index (χ3v) is 4.60. The first-order chi connectivity index (χ1) is 15.7. The lowest BCUT2D eigenvalue weighted by Gasteiger charge is -2.40. The number of hydrogen-bond donors (Lipinski definition) is 1. The maximum absolute atomic E-state index is 14.4. The van der Waals surface area contributed by atoms with E-state index in [0.29, 0.717) is 6.42 Å². The van der Waals surface area contributed by atoms with Crippen LogP contribution in [0.5, 0.6) is 0 Å². The van der Waals surface area contributed by atoms with Crippen LogP contribution in [0.1, 0.15) is 32.1 Å². The van der Waals surface area contributed by atoms with Gasteiger partial charge in [0.15, 0.2) is 0 Å². The summed E-state index contributed by atoms with van der Waals surface area (Å²) >= 11 is 0. The summed E-state index contributed by atoms with van der Waals surface area (Å²) in [5.74, 6) is -25.9. The quantitative estimate of drug-likeness (QED) is 0.345. The number of halogens is 17. The first-order valence-electron chi connectivity index (χ1n) is 9.09. The SMILES string of the molecule is O=C(NC1CCCCC1)[C@@](F)(OC(F)(F)[C@](F)(OC(F)(F)C(F)(F)C(F)(F)F)C(F)(F)F)C(F)(F)F. The molecule has 36 heavy (non-hydrogen) atoms. The van der Waals surface area contributed by atoms with Gasteiger partial charge in [0.1, 0.15) is 0 Å². The molecule has 4 nitrogen and oxygen atoms in total. The molecular weight excluding hydrogens is 565 g/mol. The Kier molecular flexibility index (Phi) is 8.50. The highest BCUT2D eigenvalue weighted by molar-refractivity contribution is 5.84. The Morgan fingerprint density at radius 3 is 1.39 bits per heavy atom. The molecule has 0 aromatic rings. The second-order valence-electron chi connectivity index (χ2n) is 7.30. The summed E-state index contributed by atoms with van der Waals surface area (Å²) < 4.78 is 225. The van der Waals surface area contributed by atoms with Crippen LogP contribution in [0.3, 0.4) is 0 Å². The molecule has 0 aliphatic heterocycles. The number of nitrogens with one attached hydrogen (secondary N) is 1. The van der Waals surface area contributed by atoms with Crippen LogP contribution in [0.4, 0.5) is 74.6 Å². The smallest absolute Gasteiger partial charge is 0.348 e. The zero-order valence-electron chi connectivity index (χ0n) is 16.8. The van der Waals surface area contributed by atoms with Crippen LogP contribution in [0, 0.1) is 0 Å². The van der Waals surface area contributed by atoms with Gasteiger partial charge in [0.2, 0.25) is 0 Å². The highest BCUT2D eigenvalue weighted by Crippen LogP contribution is 2.56. The van der Waals surface area contributed by atoms with Crippen LogP contribution < -0.4 is 5.32 Å². The fraction of sp³-hybridized carbons (Fsp3) is 0.933. The summed E-state index contributed by atoms with van der Waals surface area (Å²) in [6.07, 6.45) is -38.0. The minimum absolute atomic E-state index is 0.172. The maximum Gasteiger partial charge on any atom is 0.462 e. The molecule has 0 spiro atoms. The molecule has 1 aliphatic rings. The summed E-state index contributed by atoms with van der Waals surface area (Å²) in [6.45, 7) is 0. The van der Waals surface area contributed by atoms with E-state index in [1.807, 2.05) is 4.74 Å². The minimum atomic E-state index is -8.01. The third-order valence-electron chi connectivity index (χ3n) is 4.60. The molecule has 0 unspecified atom stereocenters. The number of amides is 1. The summed E-state index contributed by atoms with van der Waals surface area (Å²) in [4.78, 5) is 11.7. The van der Waals surface area contributed by atoms with Crippen LogP contribution in [0.15, 0.2) is 0 Å². The molecule has 214 valence electrons. The third kappa shape index (κ3) is 5.85. The Morgan fingerprint density at radius 2 is 1.03 bits per heavy atom. The van der Waals surface area contributed by atoms with Gasteiger partial charge in [0, 0.05) is 6.04 Å². The van der Waals surface area contributed by atoms with Crippen LogP contribution in [-0.2, 0) is 14.3 Å². The molecule has 1 fully saturated rings. The van der Waals surface area contributed by atoms with Gasteiger partial charge in [-0.2, -0.15) is 74.6 Å². The zero-order chi connectivity index (χ0) is 28.8. The fourth-order valence-corrected chi connectivity index (χ4v) is 2.69. The van der Waals surface area contributed by atoms with Crippen LogP contribution in [0.2, 0.25) is 0 Å². The van der Waals surface area contributed by atoms with E-state index in [1.54, 1.807) is 0 Å². The van der Waals surface area contributed by atoms with Gasteiger partial charge in [-0.05, 0) is 12.8 Å². The molecule has 1 amide bonds. The second-order valence-corrected chi connectivity index (χ2v) is 7.30. The van der Waals surface area contributed by atoms with E-state index >= 15 is 0 Å². The average molecular weight is 577 g/mol. The number of ether oxygens (including phenoxy) is 2. The zero-order valence-corrected chi connectivity index (χ0v) is 16.8. The Morgan fingerprint density at radius 1 is 0.583 bits per heavy atom. The molecule has 0 bridgehead atoms. The summed E-state index contributed by atoms with van der Waals surface area (Å²) in [6, 6.07) is -1.41. The Labute approximate surface area is 188 Å². The van der Waals surface area contributed by atoms with Crippen molar-refractivity contribution in [3.8, 4) is 0 Å². The van der Waals surface area contributed by atoms with Crippen molar-refractivity contribution in [1.82, 2.24) is 5.32 Å². The van der Waals surface area contributed by atoms with Crippen LogP contribution in [-0.4, -0.2) is 60.3 Å². The van der Waals surface area contributed by atoms with Crippen molar-refractivity contribution in [1.29, 1.82) is 0 Å². The van der Waals surface area contributed by atoms with E-state index in [-0.39, 0.29) is 25.7 Å². The van der Waals surface area contributed by atoms with E-state index in [4.69, 9.17) is 0 Å². The van der Waals surface area contributed by atoms with Crippen molar-refractivity contribution >= 4 is 5.91 Å². The van der Waals surface area contributed by atoms with E-state index < -0.39 is 60.3 Å². The Bertz CT molecular complexity index is 786. The van der Waals surface area contributed by atoms with E-state index in [2.05, 4.69) is 0 Å². The van der Waals surface area contributed by atoms with Crippen molar-refractivity contribution in [3.63, 3.8) is 0 Å². The molecule has 0 aromatic carbocycles. The summed E-state index contributed by atoms with van der Waals surface area (Å²) in [5.41, 5.74) is 0. The number of rotatable bonds is 8. The number of hydrogen-bond acceptors (Lipinski definition) is 3. The predicted molar refractivity (Wildman–Crippen MR) is 77.9 cm³/mol. The normalized spacial score (nSPS) is 21.0. The summed E-state index contributed by atoms with van der Waals surface area (Å²) in [5, 5.41) is 1.12. The molecule has 0 aromatic heterocycles. The number of carbonyl (C=O) groups is 1. The first kappa shape index (κ1) is 32.2. The largest absolute Gasteiger partial charge is 0.462 e. The highest BCUT2D eigenvalue weighted by atomic mass is 19.4. The molecule has 21 heteroatoms. The van der Waals surface area contributed by atoms with Crippen molar-refractivity contribution in [3.05, 3.63) is 0 Å². The monoisotopic (exact) mass is 577 g/mol. The van der Waals surface area contributed by atoms with Crippen LogP contribution >= 0.6 is 0 Å². The predicted octanol–water partition coefficient (Wildman–Crippen LogP) is 6.31. The van der Waals surface area contributed by atoms with Gasteiger partial charge in [-0.3, -0.25) is 14.3 Å². The lowest BCUT2D eigenvalue weighted by Crippen LogP contribution is -2.69. The van der Waals surface area contributed by atoms with E-state index in [9.17, 15) is 79.4 Å². The molecule has 1 aliphatic carbocycles. The van der Waals surface area contributed by atoms with Crippen molar-refractivity contribution in [2.45, 2.75) is 86.5 Å². The van der Waals surface area contributed by atoms with Gasteiger partial charge < -0.3 is 5.32 Å². The van der Waals surface area contributed by atoms with E-state index in [0.717, 1.165) is 5.32 Å². The average Bonchev–Trinajstić information content (AvgIpc) is 2.65. The molecule has 1 saturated carbocycles. The van der Waals surface area contributed by atoms with Gasteiger partial charge in [-0.15, -0.1) is 0 Å². The van der Waals surface area contributed by atoms with E-state index in [1.165, 1.54) is 4.74 Å². The maximum atomic E-state index is 14.4. The summed E-state index contributed by atoms with van der Waals surface area (Å²) in [7, 11) is 0. The van der Waals surface area contributed by atoms with Gasteiger partial charge in [-0.1, -0.05) is 19.3 Å². The van der Waals surface area contributed by atoms with Gasteiger partial charge in [-0.25, -0.2) is 0 Å². The molecular formula is C15H12F17NO3. The van der Waals surface area contributed by atoms with Gasteiger partial charge >= 0.3 is 48.4 Å². The lowest BCUT2D eigenvalue weighted by molar-refractivity contribution is -0.548. The van der Waals surface area contributed by atoms with Crippen LogP contribution in [0.25, 0.3) is 0 Å². The molecule has 0 radical (unpaired) electrons. The highest BCUT2D eigenvalue weighted by Gasteiger charge is 2.85. The lowest BCUT2D eigenvalue weighted by atomic mass is 9.95. The molecule has 0 heterocycles. The molecule has 0 saturated heterocycles. The molecule has 1 N–H and O–H groups in total. The second kappa shape index (κ2) is 9.50. The standard InChI is InChI=1S/C15H12F17NO3/c16-8(11(20,21)22,7(34)33-6-4-2-1-3-5-6)35-15(31,32)10(19,13(26,27)28)36-14(29,30)9(17,18)12(23,24)25/h6H,1-5H2,(H,33,34)/t8-,10-/m1/s1. The fourth-order valence-electron chi connectivity index (χ4n) is 2.69. The van der Waals surface area contributed by atoms with Gasteiger partial charge in [0.05, 0.1) is 0 Å². The molecule has 1 rings (SSSR count).